The van der Waals surface area contributed by atoms with Crippen LogP contribution in [0.3, 0.4) is 0 Å². The molecule has 2 bridgehead atoms. The fourth-order valence-corrected chi connectivity index (χ4v) is 4.39. The summed E-state index contributed by atoms with van der Waals surface area (Å²) in [5.41, 5.74) is 7.33. The number of carbonyl (C=O) groups excluding carboxylic acids is 1. The number of carbonyl (C=O) groups is 1. The number of primary amides is 1. The summed E-state index contributed by atoms with van der Waals surface area (Å²) in [5, 5.41) is 1.02. The summed E-state index contributed by atoms with van der Waals surface area (Å²) in [7, 11) is 0. The molecule has 4 heterocycles. The number of halogens is 1. The van der Waals surface area contributed by atoms with Gasteiger partial charge in [0.1, 0.15) is 5.58 Å². The fourth-order valence-electron chi connectivity index (χ4n) is 3.95. The predicted octanol–water partition coefficient (Wildman–Crippen LogP) is 3.10. The Kier molecular flexibility index (Phi) is 3.08. The number of benzene rings is 1. The van der Waals surface area contributed by atoms with Crippen molar-refractivity contribution in [3.63, 3.8) is 0 Å². The zero-order valence-electron chi connectivity index (χ0n) is 11.6. The van der Waals surface area contributed by atoms with Crippen molar-refractivity contribution in [2.45, 2.75) is 18.8 Å². The van der Waals surface area contributed by atoms with E-state index >= 15 is 0 Å². The topological polar surface area (TPSA) is 59.5 Å². The van der Waals surface area contributed by atoms with Crippen molar-refractivity contribution in [3.8, 4) is 0 Å². The van der Waals surface area contributed by atoms with Crippen LogP contribution in [0.15, 0.2) is 27.1 Å². The number of fused-ring (bicyclic) bond motifs is 4. The third-order valence-corrected chi connectivity index (χ3v) is 5.58. The normalized spacial score (nSPS) is 28.1. The van der Waals surface area contributed by atoms with Crippen molar-refractivity contribution in [1.29, 1.82) is 0 Å². The lowest BCUT2D eigenvalue weighted by Crippen LogP contribution is -2.46. The molecular weight excluding hydrogens is 332 g/mol. The maximum atomic E-state index is 11.9. The second-order valence-electron chi connectivity index (χ2n) is 6.07. The molecule has 1 aromatic heterocycles. The lowest BCUT2D eigenvalue weighted by molar-refractivity contribution is 0.0849. The fraction of sp³-hybridized carbons (Fsp3) is 0.438. The van der Waals surface area contributed by atoms with Crippen LogP contribution in [0.1, 0.15) is 34.9 Å². The number of nitrogens with two attached hydrogens (primary N) is 1. The van der Waals surface area contributed by atoms with Gasteiger partial charge in [-0.05, 0) is 53.8 Å². The van der Waals surface area contributed by atoms with Gasteiger partial charge in [-0.3, -0.25) is 4.79 Å². The Hall–Kier alpha value is -1.33. The molecule has 21 heavy (non-hydrogen) atoms. The third kappa shape index (κ3) is 2.02. The third-order valence-electron chi connectivity index (χ3n) is 4.96. The summed E-state index contributed by atoms with van der Waals surface area (Å²) in [6, 6.07) is 5.94. The zero-order chi connectivity index (χ0) is 14.6. The largest absolute Gasteiger partial charge is 0.449 e. The van der Waals surface area contributed by atoms with Crippen LogP contribution in [-0.2, 0) is 0 Å². The SMILES string of the molecule is NC(=O)c1oc2c(Br)cccc2c1[C@@H]1CN2CCC1CC2. The van der Waals surface area contributed by atoms with E-state index in [-0.39, 0.29) is 0 Å². The Balaban J connectivity index is 1.92. The number of furan rings is 1. The molecule has 4 nitrogen and oxygen atoms in total. The van der Waals surface area contributed by atoms with Crippen LogP contribution in [0.5, 0.6) is 0 Å². The summed E-state index contributed by atoms with van der Waals surface area (Å²) in [6.07, 6.45) is 2.40. The molecular formula is C16H17BrN2O2. The standard InChI is InChI=1S/C16H17BrN2O2/c17-12-3-1-2-10-13(15(16(18)20)21-14(10)12)11-8-19-6-4-9(11)5-7-19/h1-3,9,11H,4-8H2,(H2,18,20)/t11-/m1/s1. The summed E-state index contributed by atoms with van der Waals surface area (Å²) in [6.45, 7) is 3.35. The second kappa shape index (κ2) is 4.85. The van der Waals surface area contributed by atoms with Gasteiger partial charge >= 0.3 is 0 Å². The maximum Gasteiger partial charge on any atom is 0.284 e. The van der Waals surface area contributed by atoms with E-state index in [9.17, 15) is 4.79 Å². The van der Waals surface area contributed by atoms with Crippen molar-refractivity contribution in [2.24, 2.45) is 11.7 Å². The summed E-state index contributed by atoms with van der Waals surface area (Å²) < 4.78 is 6.68. The summed E-state index contributed by atoms with van der Waals surface area (Å²) in [4.78, 5) is 14.3. The van der Waals surface area contributed by atoms with Crippen molar-refractivity contribution < 1.29 is 9.21 Å². The Labute approximate surface area is 131 Å². The van der Waals surface area contributed by atoms with Gasteiger partial charge in [0.2, 0.25) is 0 Å². The van der Waals surface area contributed by atoms with Crippen molar-refractivity contribution >= 4 is 32.8 Å². The van der Waals surface area contributed by atoms with Crippen LogP contribution >= 0.6 is 15.9 Å². The molecule has 2 N–H and O–H groups in total. The highest BCUT2D eigenvalue weighted by Crippen LogP contribution is 2.44. The molecule has 1 aromatic carbocycles. The molecule has 0 unspecified atom stereocenters. The van der Waals surface area contributed by atoms with E-state index in [4.69, 9.17) is 10.2 Å². The molecule has 3 saturated heterocycles. The minimum Gasteiger partial charge on any atom is -0.449 e. The molecule has 0 spiro atoms. The average molecular weight is 349 g/mol. The second-order valence-corrected chi connectivity index (χ2v) is 6.92. The number of rotatable bonds is 2. The monoisotopic (exact) mass is 348 g/mol. The molecule has 2 aromatic rings. The number of piperidine rings is 3. The summed E-state index contributed by atoms with van der Waals surface area (Å²) in [5.74, 6) is 0.860. The molecule has 3 fully saturated rings. The minimum atomic E-state index is -0.468. The van der Waals surface area contributed by atoms with E-state index < -0.39 is 5.91 Å². The molecule has 110 valence electrons. The van der Waals surface area contributed by atoms with Crippen LogP contribution < -0.4 is 5.73 Å². The van der Waals surface area contributed by atoms with Crippen LogP contribution in [0, 0.1) is 5.92 Å². The van der Waals surface area contributed by atoms with Crippen LogP contribution in [0.2, 0.25) is 0 Å². The first-order chi connectivity index (χ1) is 10.1. The van der Waals surface area contributed by atoms with Gasteiger partial charge in [0.15, 0.2) is 5.76 Å². The van der Waals surface area contributed by atoms with Crippen LogP contribution in [0.25, 0.3) is 11.0 Å². The van der Waals surface area contributed by atoms with E-state index in [2.05, 4.69) is 20.8 Å². The van der Waals surface area contributed by atoms with Gasteiger partial charge in [-0.1, -0.05) is 12.1 Å². The van der Waals surface area contributed by atoms with Gasteiger partial charge in [0.25, 0.3) is 5.91 Å². The molecule has 0 aliphatic carbocycles. The highest BCUT2D eigenvalue weighted by atomic mass is 79.9. The number of nitrogens with zero attached hydrogens (tertiary/aromatic N) is 1. The van der Waals surface area contributed by atoms with Crippen LogP contribution in [0.4, 0.5) is 0 Å². The number of hydrogen-bond acceptors (Lipinski definition) is 3. The molecule has 3 aliphatic rings. The van der Waals surface area contributed by atoms with Gasteiger partial charge in [-0.25, -0.2) is 0 Å². The maximum absolute atomic E-state index is 11.9. The van der Waals surface area contributed by atoms with Crippen molar-refractivity contribution in [3.05, 3.63) is 34.0 Å². The first-order valence-corrected chi connectivity index (χ1v) is 8.17. The lowest BCUT2D eigenvalue weighted by atomic mass is 9.74. The van der Waals surface area contributed by atoms with Gasteiger partial charge in [0.05, 0.1) is 4.47 Å². The molecule has 1 atom stereocenters. The van der Waals surface area contributed by atoms with Crippen molar-refractivity contribution in [1.82, 2.24) is 4.90 Å². The molecule has 5 heteroatoms. The Morgan fingerprint density at radius 2 is 2.10 bits per heavy atom. The molecule has 5 rings (SSSR count). The van der Waals surface area contributed by atoms with Gasteiger partial charge < -0.3 is 15.1 Å². The van der Waals surface area contributed by atoms with Gasteiger partial charge in [-0.2, -0.15) is 0 Å². The molecule has 0 radical (unpaired) electrons. The Morgan fingerprint density at radius 1 is 1.33 bits per heavy atom. The Morgan fingerprint density at radius 3 is 2.71 bits per heavy atom. The van der Waals surface area contributed by atoms with E-state index in [1.54, 1.807) is 0 Å². The number of para-hydroxylation sites is 1. The average Bonchev–Trinajstić information content (AvgIpc) is 2.89. The first-order valence-electron chi connectivity index (χ1n) is 7.38. The molecule has 1 amide bonds. The summed E-state index contributed by atoms with van der Waals surface area (Å²) >= 11 is 3.50. The smallest absolute Gasteiger partial charge is 0.284 e. The zero-order valence-corrected chi connectivity index (χ0v) is 13.2. The van der Waals surface area contributed by atoms with Crippen molar-refractivity contribution in [2.75, 3.05) is 19.6 Å². The quantitative estimate of drug-likeness (QED) is 0.906. The number of amides is 1. The van der Waals surface area contributed by atoms with Gasteiger partial charge in [0, 0.05) is 23.4 Å². The molecule has 0 saturated carbocycles. The van der Waals surface area contributed by atoms with E-state index in [1.165, 1.54) is 25.9 Å². The van der Waals surface area contributed by atoms with E-state index in [1.807, 2.05) is 18.2 Å². The highest BCUT2D eigenvalue weighted by molar-refractivity contribution is 9.10. The number of hydrogen-bond donors (Lipinski definition) is 1. The Bertz CT molecular complexity index is 716. The van der Waals surface area contributed by atoms with E-state index in [0.717, 1.165) is 27.6 Å². The first kappa shape index (κ1) is 13.3. The minimum absolute atomic E-state index is 0.343. The predicted molar refractivity (Wildman–Crippen MR) is 84.3 cm³/mol. The van der Waals surface area contributed by atoms with Crippen LogP contribution in [-0.4, -0.2) is 30.4 Å². The highest BCUT2D eigenvalue weighted by Gasteiger charge is 2.39. The lowest BCUT2D eigenvalue weighted by Gasteiger charge is -2.44. The van der Waals surface area contributed by atoms with E-state index in [0.29, 0.717) is 17.6 Å². The van der Waals surface area contributed by atoms with Gasteiger partial charge in [-0.15, -0.1) is 0 Å². The molecule has 3 aliphatic heterocycles.